The Morgan fingerprint density at radius 3 is 2.67 bits per heavy atom. The molecule has 0 atom stereocenters. The third-order valence-corrected chi connectivity index (χ3v) is 5.06. The Morgan fingerprint density at radius 2 is 2.03 bits per heavy atom. The highest BCUT2D eigenvalue weighted by Crippen LogP contribution is 2.36. The fourth-order valence-electron chi connectivity index (χ4n) is 2.68. The number of rotatable bonds is 6. The number of benzene rings is 2. The number of aliphatic imine (C=N–C) groups is 1. The van der Waals surface area contributed by atoms with Gasteiger partial charge in [0.25, 0.3) is 11.6 Å². The molecule has 1 aliphatic rings. The number of nitrogens with zero attached hydrogens (tertiary/aromatic N) is 3. The number of nitro groups is 1. The van der Waals surface area contributed by atoms with Gasteiger partial charge < -0.3 is 10.2 Å². The molecule has 9 nitrogen and oxygen atoms in total. The van der Waals surface area contributed by atoms with E-state index in [-0.39, 0.29) is 39.1 Å². The van der Waals surface area contributed by atoms with Crippen molar-refractivity contribution >= 4 is 46.3 Å². The Hall–Kier alpha value is -3.92. The molecule has 0 saturated carbocycles. The number of carbonyl (C=O) groups excluding carboxylic acids is 1. The number of thioether (sulfide) groups is 1. The molecule has 1 heterocycles. The Labute approximate surface area is 174 Å². The van der Waals surface area contributed by atoms with Crippen LogP contribution in [0.2, 0.25) is 0 Å². The van der Waals surface area contributed by atoms with Gasteiger partial charge >= 0.3 is 5.97 Å². The largest absolute Gasteiger partial charge is 0.507 e. The second-order valence-corrected chi connectivity index (χ2v) is 7.04. The lowest BCUT2D eigenvalue weighted by Crippen LogP contribution is -2.29. The van der Waals surface area contributed by atoms with E-state index in [1.807, 2.05) is 0 Å². The molecule has 2 aromatic rings. The number of amidine groups is 1. The van der Waals surface area contributed by atoms with Crippen LogP contribution in [-0.4, -0.2) is 43.6 Å². The van der Waals surface area contributed by atoms with Gasteiger partial charge in [0.1, 0.15) is 11.3 Å². The summed E-state index contributed by atoms with van der Waals surface area (Å²) in [6.45, 7) is 3.77. The van der Waals surface area contributed by atoms with Crippen LogP contribution in [0.15, 0.2) is 65.0 Å². The molecule has 0 unspecified atom stereocenters. The maximum atomic E-state index is 12.8. The number of carbonyl (C=O) groups is 2. The van der Waals surface area contributed by atoms with Gasteiger partial charge in [-0.2, -0.15) is 0 Å². The Kier molecular flexibility index (Phi) is 5.98. The van der Waals surface area contributed by atoms with Crippen molar-refractivity contribution in [2.75, 3.05) is 6.54 Å². The van der Waals surface area contributed by atoms with Crippen LogP contribution in [0.5, 0.6) is 5.75 Å². The van der Waals surface area contributed by atoms with Crippen LogP contribution in [0.3, 0.4) is 0 Å². The van der Waals surface area contributed by atoms with Crippen LogP contribution >= 0.6 is 11.8 Å². The van der Waals surface area contributed by atoms with Gasteiger partial charge in [-0.05, 0) is 36.0 Å². The van der Waals surface area contributed by atoms with Crippen molar-refractivity contribution < 1.29 is 24.7 Å². The normalized spacial score (nSPS) is 16.3. The summed E-state index contributed by atoms with van der Waals surface area (Å²) in [6, 6.07) is 9.84. The third-order valence-electron chi connectivity index (χ3n) is 4.06. The SMILES string of the molecule is C=CCN1C(=O)/C(=C/c2ccccc2[N+](=O)[O-])SC1=Nc1ccc(C(=O)O)c(O)c1. The van der Waals surface area contributed by atoms with Gasteiger partial charge in [-0.15, -0.1) is 6.58 Å². The lowest BCUT2D eigenvalue weighted by molar-refractivity contribution is -0.385. The molecular weight excluding hydrogens is 410 g/mol. The van der Waals surface area contributed by atoms with Gasteiger partial charge in [0.2, 0.25) is 0 Å². The quantitative estimate of drug-likeness (QED) is 0.311. The van der Waals surface area contributed by atoms with Crippen molar-refractivity contribution in [3.8, 4) is 5.75 Å². The molecule has 0 radical (unpaired) electrons. The number of hydrogen-bond donors (Lipinski definition) is 2. The highest BCUT2D eigenvalue weighted by atomic mass is 32.2. The van der Waals surface area contributed by atoms with Gasteiger partial charge in [0, 0.05) is 18.7 Å². The molecule has 0 spiro atoms. The summed E-state index contributed by atoms with van der Waals surface area (Å²) in [5.41, 5.74) is 0.123. The second kappa shape index (κ2) is 8.62. The average Bonchev–Trinajstić information content (AvgIpc) is 2.97. The zero-order valence-electron chi connectivity index (χ0n) is 15.4. The van der Waals surface area contributed by atoms with Crippen molar-refractivity contribution in [1.82, 2.24) is 4.90 Å². The first kappa shape index (κ1) is 20.8. The fraction of sp³-hybridized carbons (Fsp3) is 0.0500. The minimum Gasteiger partial charge on any atom is -0.507 e. The van der Waals surface area contributed by atoms with Crippen LogP contribution in [0.1, 0.15) is 15.9 Å². The average molecular weight is 425 g/mol. The summed E-state index contributed by atoms with van der Waals surface area (Å²) in [5, 5.41) is 30.4. The molecular formula is C20H15N3O6S. The summed E-state index contributed by atoms with van der Waals surface area (Å²) < 4.78 is 0. The second-order valence-electron chi connectivity index (χ2n) is 6.03. The first-order chi connectivity index (χ1) is 14.3. The monoisotopic (exact) mass is 425 g/mol. The zero-order chi connectivity index (χ0) is 21.8. The number of carboxylic acids is 1. The van der Waals surface area contributed by atoms with Crippen molar-refractivity contribution in [2.24, 2.45) is 4.99 Å². The Morgan fingerprint density at radius 1 is 1.30 bits per heavy atom. The van der Waals surface area contributed by atoms with Crippen LogP contribution in [0, 0.1) is 10.1 Å². The van der Waals surface area contributed by atoms with E-state index in [4.69, 9.17) is 5.11 Å². The van der Waals surface area contributed by atoms with Crippen molar-refractivity contribution in [3.63, 3.8) is 0 Å². The lowest BCUT2D eigenvalue weighted by atomic mass is 10.1. The number of phenols is 1. The van der Waals surface area contributed by atoms with Crippen LogP contribution in [0.4, 0.5) is 11.4 Å². The lowest BCUT2D eigenvalue weighted by Gasteiger charge is -2.12. The van der Waals surface area contributed by atoms with Gasteiger partial charge in [0.15, 0.2) is 5.17 Å². The van der Waals surface area contributed by atoms with Gasteiger partial charge in [-0.1, -0.05) is 18.2 Å². The summed E-state index contributed by atoms with van der Waals surface area (Å²) in [5.74, 6) is -2.13. The molecule has 0 aliphatic carbocycles. The molecule has 0 bridgehead atoms. The number of para-hydroxylation sites is 1. The Bertz CT molecular complexity index is 1130. The van der Waals surface area contributed by atoms with E-state index in [1.165, 1.54) is 53.5 Å². The van der Waals surface area contributed by atoms with E-state index < -0.39 is 22.5 Å². The maximum Gasteiger partial charge on any atom is 0.339 e. The number of hydrogen-bond acceptors (Lipinski definition) is 7. The highest BCUT2D eigenvalue weighted by molar-refractivity contribution is 8.18. The predicted octanol–water partition coefficient (Wildman–Crippen LogP) is 3.79. The zero-order valence-corrected chi connectivity index (χ0v) is 16.2. The van der Waals surface area contributed by atoms with Crippen LogP contribution in [-0.2, 0) is 4.79 Å². The molecule has 10 heteroatoms. The standard InChI is InChI=1S/C20H15N3O6S/c1-2-9-22-18(25)17(10-12-5-3-4-6-15(12)23(28)29)30-20(22)21-13-7-8-14(19(26)27)16(24)11-13/h2-8,10-11,24H,1,9H2,(H,26,27)/b17-10-,21-20?. The molecule has 30 heavy (non-hydrogen) atoms. The van der Waals surface area contributed by atoms with E-state index in [0.717, 1.165) is 11.8 Å². The van der Waals surface area contributed by atoms with E-state index in [1.54, 1.807) is 6.07 Å². The minimum atomic E-state index is -1.28. The number of nitro benzene ring substituents is 1. The summed E-state index contributed by atoms with van der Waals surface area (Å²) in [6.07, 6.45) is 2.93. The number of aromatic carboxylic acids is 1. The molecule has 1 saturated heterocycles. The van der Waals surface area contributed by atoms with Gasteiger partial charge in [-0.3, -0.25) is 19.8 Å². The smallest absolute Gasteiger partial charge is 0.339 e. The van der Waals surface area contributed by atoms with E-state index in [9.17, 15) is 24.8 Å². The van der Waals surface area contributed by atoms with Crippen molar-refractivity contribution in [1.29, 1.82) is 0 Å². The molecule has 2 N–H and O–H groups in total. The van der Waals surface area contributed by atoms with E-state index >= 15 is 0 Å². The number of amides is 1. The van der Waals surface area contributed by atoms with E-state index in [0.29, 0.717) is 0 Å². The fourth-order valence-corrected chi connectivity index (χ4v) is 3.68. The third kappa shape index (κ3) is 4.23. The molecule has 0 aromatic heterocycles. The number of aromatic hydroxyl groups is 1. The number of carboxylic acid groups (broad SMARTS) is 1. The Balaban J connectivity index is 2.00. The van der Waals surface area contributed by atoms with Crippen molar-refractivity contribution in [2.45, 2.75) is 0 Å². The summed E-state index contributed by atoms with van der Waals surface area (Å²) in [4.78, 5) is 40.4. The molecule has 1 amide bonds. The van der Waals surface area contributed by atoms with Crippen LogP contribution < -0.4 is 0 Å². The molecule has 152 valence electrons. The maximum absolute atomic E-state index is 12.8. The van der Waals surface area contributed by atoms with Crippen LogP contribution in [0.25, 0.3) is 6.08 Å². The first-order valence-corrected chi connectivity index (χ1v) is 9.34. The van der Waals surface area contributed by atoms with E-state index in [2.05, 4.69) is 11.6 Å². The minimum absolute atomic E-state index is 0.131. The summed E-state index contributed by atoms with van der Waals surface area (Å²) >= 11 is 1.01. The molecule has 1 aliphatic heterocycles. The highest BCUT2D eigenvalue weighted by Gasteiger charge is 2.33. The molecule has 1 fully saturated rings. The molecule has 3 rings (SSSR count). The van der Waals surface area contributed by atoms with Gasteiger partial charge in [-0.25, -0.2) is 9.79 Å². The summed E-state index contributed by atoms with van der Waals surface area (Å²) in [7, 11) is 0. The topological polar surface area (TPSA) is 133 Å². The van der Waals surface area contributed by atoms with Gasteiger partial charge in [0.05, 0.1) is 21.1 Å². The predicted molar refractivity (Wildman–Crippen MR) is 113 cm³/mol. The van der Waals surface area contributed by atoms with Crippen molar-refractivity contribution in [3.05, 3.63) is 81.3 Å². The molecule has 2 aromatic carbocycles. The first-order valence-electron chi connectivity index (χ1n) is 8.52.